The maximum absolute atomic E-state index is 13.9. The number of amides is 1. The van der Waals surface area contributed by atoms with Gasteiger partial charge >= 0.3 is 0 Å². The second-order valence-corrected chi connectivity index (χ2v) is 7.72. The highest BCUT2D eigenvalue weighted by Gasteiger charge is 2.26. The molecule has 5 nitrogen and oxygen atoms in total. The minimum absolute atomic E-state index is 0.0500. The molecule has 0 radical (unpaired) electrons. The van der Waals surface area contributed by atoms with Crippen LogP contribution in [-0.4, -0.2) is 33.9 Å². The molecule has 1 amide bonds. The standard InChI is InChI=1S/C20H19F2N3O2S/c21-14-3-4-15(16(22)10-14)17-11-24-18(27-17)5-6-19(26)25-8-1-2-13(12-25)20-23-7-9-28-20/h3-4,7,9-11,13H,1-2,5-6,8,12H2. The number of carbonyl (C=O) groups is 1. The van der Waals surface area contributed by atoms with Crippen molar-refractivity contribution in [3.63, 3.8) is 0 Å². The number of likely N-dealkylation sites (tertiary alicyclic amines) is 1. The van der Waals surface area contributed by atoms with Crippen LogP contribution in [0.5, 0.6) is 0 Å². The van der Waals surface area contributed by atoms with Crippen LogP contribution in [0.25, 0.3) is 11.3 Å². The van der Waals surface area contributed by atoms with Crippen molar-refractivity contribution in [1.82, 2.24) is 14.9 Å². The zero-order valence-electron chi connectivity index (χ0n) is 15.1. The number of nitrogens with zero attached hydrogens (tertiary/aromatic N) is 3. The van der Waals surface area contributed by atoms with Crippen molar-refractivity contribution in [2.75, 3.05) is 13.1 Å². The van der Waals surface area contributed by atoms with Crippen molar-refractivity contribution < 1.29 is 18.0 Å². The number of carbonyl (C=O) groups excluding carboxylic acids is 1. The minimum atomic E-state index is -0.708. The van der Waals surface area contributed by atoms with E-state index in [0.29, 0.717) is 24.8 Å². The molecule has 0 bridgehead atoms. The third-order valence-corrected chi connectivity index (χ3v) is 5.82. The fourth-order valence-electron chi connectivity index (χ4n) is 3.45. The number of oxazole rings is 1. The first kappa shape index (κ1) is 18.7. The van der Waals surface area contributed by atoms with Gasteiger partial charge in [0.15, 0.2) is 11.7 Å². The zero-order valence-corrected chi connectivity index (χ0v) is 15.9. The lowest BCUT2D eigenvalue weighted by atomic mass is 9.98. The fraction of sp³-hybridized carbons (Fsp3) is 0.350. The first-order chi connectivity index (χ1) is 13.6. The van der Waals surface area contributed by atoms with Gasteiger partial charge < -0.3 is 9.32 Å². The van der Waals surface area contributed by atoms with E-state index in [2.05, 4.69) is 9.97 Å². The van der Waals surface area contributed by atoms with Crippen molar-refractivity contribution in [3.8, 4) is 11.3 Å². The van der Waals surface area contributed by atoms with Crippen molar-refractivity contribution in [2.45, 2.75) is 31.6 Å². The molecule has 0 aliphatic carbocycles. The lowest BCUT2D eigenvalue weighted by Gasteiger charge is -2.31. The Morgan fingerprint density at radius 3 is 3.00 bits per heavy atom. The molecule has 28 heavy (non-hydrogen) atoms. The number of rotatable bonds is 5. The van der Waals surface area contributed by atoms with Gasteiger partial charge in [0.25, 0.3) is 0 Å². The van der Waals surface area contributed by atoms with E-state index >= 15 is 0 Å². The number of benzene rings is 1. The quantitative estimate of drug-likeness (QED) is 0.633. The average molecular weight is 403 g/mol. The first-order valence-electron chi connectivity index (χ1n) is 9.17. The van der Waals surface area contributed by atoms with Gasteiger partial charge in [0.2, 0.25) is 5.91 Å². The summed E-state index contributed by atoms with van der Waals surface area (Å²) in [6.07, 6.45) is 5.81. The van der Waals surface area contributed by atoms with Gasteiger partial charge in [-0.3, -0.25) is 4.79 Å². The Kier molecular flexibility index (Phi) is 5.47. The Morgan fingerprint density at radius 1 is 1.32 bits per heavy atom. The van der Waals surface area contributed by atoms with Crippen LogP contribution in [0.3, 0.4) is 0 Å². The second kappa shape index (κ2) is 8.18. The molecule has 1 saturated heterocycles. The van der Waals surface area contributed by atoms with Gasteiger partial charge in [0, 0.05) is 49.5 Å². The van der Waals surface area contributed by atoms with Crippen molar-refractivity contribution in [3.05, 3.63) is 58.5 Å². The van der Waals surface area contributed by atoms with Crippen molar-refractivity contribution in [2.24, 2.45) is 0 Å². The second-order valence-electron chi connectivity index (χ2n) is 6.79. The topological polar surface area (TPSA) is 59.2 Å². The van der Waals surface area contributed by atoms with E-state index < -0.39 is 11.6 Å². The molecular formula is C20H19F2N3O2S. The minimum Gasteiger partial charge on any atom is -0.441 e. The summed E-state index contributed by atoms with van der Waals surface area (Å²) in [6, 6.07) is 3.28. The number of aromatic nitrogens is 2. The van der Waals surface area contributed by atoms with Gasteiger partial charge in [-0.25, -0.2) is 18.7 Å². The van der Waals surface area contributed by atoms with E-state index in [1.54, 1.807) is 17.5 Å². The van der Waals surface area contributed by atoms with Crippen LogP contribution >= 0.6 is 11.3 Å². The van der Waals surface area contributed by atoms with E-state index in [1.165, 1.54) is 18.3 Å². The Labute approximate surface area is 165 Å². The molecule has 1 fully saturated rings. The summed E-state index contributed by atoms with van der Waals surface area (Å²) >= 11 is 1.63. The molecule has 1 aromatic carbocycles. The van der Waals surface area contributed by atoms with Crippen LogP contribution in [0.15, 0.2) is 40.4 Å². The highest BCUT2D eigenvalue weighted by Crippen LogP contribution is 2.29. The highest BCUT2D eigenvalue weighted by atomic mass is 32.1. The fourth-order valence-corrected chi connectivity index (χ4v) is 4.22. The number of hydrogen-bond donors (Lipinski definition) is 0. The van der Waals surface area contributed by atoms with Crippen molar-refractivity contribution in [1.29, 1.82) is 0 Å². The van der Waals surface area contributed by atoms with Gasteiger partial charge in [-0.05, 0) is 25.0 Å². The number of halogens is 2. The molecule has 3 heterocycles. The Bertz CT molecular complexity index is 958. The van der Waals surface area contributed by atoms with Crippen LogP contribution in [-0.2, 0) is 11.2 Å². The smallest absolute Gasteiger partial charge is 0.223 e. The average Bonchev–Trinajstić information content (AvgIpc) is 3.38. The normalized spacial score (nSPS) is 17.1. The molecule has 1 unspecified atom stereocenters. The summed E-state index contributed by atoms with van der Waals surface area (Å²) in [5.41, 5.74) is 0.147. The molecule has 8 heteroatoms. The predicted molar refractivity (Wildman–Crippen MR) is 101 cm³/mol. The van der Waals surface area contributed by atoms with E-state index in [4.69, 9.17) is 4.42 Å². The van der Waals surface area contributed by atoms with Crippen LogP contribution in [0.1, 0.15) is 36.1 Å². The van der Waals surface area contributed by atoms with Crippen LogP contribution in [0.4, 0.5) is 8.78 Å². The molecule has 1 atom stereocenters. The van der Waals surface area contributed by atoms with E-state index in [-0.39, 0.29) is 23.7 Å². The van der Waals surface area contributed by atoms with Crippen molar-refractivity contribution >= 4 is 17.2 Å². The Hall–Kier alpha value is -2.61. The molecular weight excluding hydrogens is 384 g/mol. The molecule has 4 rings (SSSR count). The third-order valence-electron chi connectivity index (χ3n) is 4.88. The molecule has 0 saturated carbocycles. The summed E-state index contributed by atoms with van der Waals surface area (Å²) in [4.78, 5) is 23.0. The van der Waals surface area contributed by atoms with E-state index in [1.807, 2.05) is 10.3 Å². The first-order valence-corrected chi connectivity index (χ1v) is 10.1. The summed E-state index contributed by atoms with van der Waals surface area (Å²) in [5.74, 6) is -0.423. The highest BCUT2D eigenvalue weighted by molar-refractivity contribution is 7.09. The SMILES string of the molecule is O=C(CCc1ncc(-c2ccc(F)cc2F)o1)N1CCCC(c2nccs2)C1. The zero-order chi connectivity index (χ0) is 19.5. The molecule has 1 aliphatic rings. The largest absolute Gasteiger partial charge is 0.441 e. The van der Waals surface area contributed by atoms with Gasteiger partial charge in [-0.1, -0.05) is 0 Å². The van der Waals surface area contributed by atoms with Crippen LogP contribution in [0.2, 0.25) is 0 Å². The lowest BCUT2D eigenvalue weighted by molar-refractivity contribution is -0.132. The Balaban J connectivity index is 1.35. The van der Waals surface area contributed by atoms with Crippen LogP contribution < -0.4 is 0 Å². The monoisotopic (exact) mass is 403 g/mol. The molecule has 0 N–H and O–H groups in total. The van der Waals surface area contributed by atoms with E-state index in [0.717, 1.165) is 30.5 Å². The molecule has 0 spiro atoms. The maximum Gasteiger partial charge on any atom is 0.223 e. The molecule has 3 aromatic rings. The van der Waals surface area contributed by atoms with Gasteiger partial charge in [0.1, 0.15) is 11.6 Å². The maximum atomic E-state index is 13.9. The van der Waals surface area contributed by atoms with E-state index in [9.17, 15) is 13.6 Å². The molecule has 1 aliphatic heterocycles. The van der Waals surface area contributed by atoms with Gasteiger partial charge in [0.05, 0.1) is 16.8 Å². The summed E-state index contributed by atoms with van der Waals surface area (Å²) < 4.78 is 32.5. The predicted octanol–water partition coefficient (Wildman–Crippen LogP) is 4.42. The van der Waals surface area contributed by atoms with Gasteiger partial charge in [-0.2, -0.15) is 0 Å². The number of piperidine rings is 1. The summed E-state index contributed by atoms with van der Waals surface area (Å²) in [5, 5.41) is 3.04. The number of thiazole rings is 1. The lowest BCUT2D eigenvalue weighted by Crippen LogP contribution is -2.39. The molecule has 2 aromatic heterocycles. The van der Waals surface area contributed by atoms with Gasteiger partial charge in [-0.15, -0.1) is 11.3 Å². The summed E-state index contributed by atoms with van der Waals surface area (Å²) in [6.45, 7) is 1.43. The van der Waals surface area contributed by atoms with Crippen LogP contribution in [0, 0.1) is 11.6 Å². The number of hydrogen-bond acceptors (Lipinski definition) is 5. The third kappa shape index (κ3) is 4.11. The Morgan fingerprint density at radius 2 is 2.21 bits per heavy atom. The summed E-state index contributed by atoms with van der Waals surface area (Å²) in [7, 11) is 0. The number of aryl methyl sites for hydroxylation is 1. The molecule has 146 valence electrons.